The summed E-state index contributed by atoms with van der Waals surface area (Å²) in [6, 6.07) is 5.23. The number of carbonyl (C=O) groups excluding carboxylic acids is 2. The minimum atomic E-state index is -0.422. The van der Waals surface area contributed by atoms with Gasteiger partial charge < -0.3 is 16.0 Å². The van der Waals surface area contributed by atoms with Crippen molar-refractivity contribution < 1.29 is 14.0 Å². The third kappa shape index (κ3) is 3.59. The van der Waals surface area contributed by atoms with Gasteiger partial charge in [0, 0.05) is 25.0 Å². The predicted molar refractivity (Wildman–Crippen MR) is 102 cm³/mol. The van der Waals surface area contributed by atoms with Gasteiger partial charge in [0.2, 0.25) is 11.8 Å². The molecule has 6 heteroatoms. The van der Waals surface area contributed by atoms with Crippen LogP contribution in [0.1, 0.15) is 44.1 Å². The molecule has 3 unspecified atom stereocenters. The van der Waals surface area contributed by atoms with Gasteiger partial charge in [-0.2, -0.15) is 0 Å². The van der Waals surface area contributed by atoms with Crippen molar-refractivity contribution in [3.63, 3.8) is 0 Å². The van der Waals surface area contributed by atoms with Crippen molar-refractivity contribution in [2.24, 2.45) is 23.5 Å². The van der Waals surface area contributed by atoms with E-state index in [9.17, 15) is 14.0 Å². The molecule has 1 aliphatic heterocycles. The van der Waals surface area contributed by atoms with Crippen LogP contribution >= 0.6 is 0 Å². The number of hydrogen-bond donors (Lipinski definition) is 2. The Morgan fingerprint density at radius 2 is 1.96 bits per heavy atom. The second kappa shape index (κ2) is 7.23. The highest BCUT2D eigenvalue weighted by Crippen LogP contribution is 2.40. The molecule has 27 heavy (non-hydrogen) atoms. The molecular formula is C21H28FN3O2. The zero-order valence-electron chi connectivity index (χ0n) is 15.8. The van der Waals surface area contributed by atoms with Crippen LogP contribution in [0, 0.1) is 30.5 Å². The average Bonchev–Trinajstić information content (AvgIpc) is 2.97. The summed E-state index contributed by atoms with van der Waals surface area (Å²) in [6.07, 6.45) is 5.49. The molecule has 1 aromatic carbocycles. The van der Waals surface area contributed by atoms with Crippen molar-refractivity contribution in [2.75, 3.05) is 11.4 Å². The van der Waals surface area contributed by atoms with E-state index in [1.807, 2.05) is 6.92 Å². The van der Waals surface area contributed by atoms with Crippen LogP contribution in [-0.4, -0.2) is 30.4 Å². The molecule has 146 valence electrons. The summed E-state index contributed by atoms with van der Waals surface area (Å²) in [5, 5.41) is 3.23. The topological polar surface area (TPSA) is 75.4 Å². The number of aryl methyl sites for hydroxylation is 1. The number of rotatable bonds is 3. The minimum Gasteiger partial charge on any atom is -0.353 e. The van der Waals surface area contributed by atoms with Crippen molar-refractivity contribution in [3.05, 3.63) is 29.6 Å². The maximum Gasteiger partial charge on any atom is 0.227 e. The van der Waals surface area contributed by atoms with Crippen LogP contribution in [0.2, 0.25) is 0 Å². The fourth-order valence-electron chi connectivity index (χ4n) is 5.25. The highest BCUT2D eigenvalue weighted by molar-refractivity contribution is 6.00. The molecule has 1 heterocycles. The van der Waals surface area contributed by atoms with Gasteiger partial charge >= 0.3 is 0 Å². The van der Waals surface area contributed by atoms with Gasteiger partial charge in [-0.05, 0) is 62.1 Å². The van der Waals surface area contributed by atoms with Crippen LogP contribution in [0.3, 0.4) is 0 Å². The van der Waals surface area contributed by atoms with E-state index in [-0.39, 0.29) is 42.6 Å². The molecule has 3 N–H and O–H groups in total. The third-order valence-electron chi connectivity index (χ3n) is 6.58. The van der Waals surface area contributed by atoms with E-state index in [0.717, 1.165) is 31.2 Å². The van der Waals surface area contributed by atoms with E-state index in [4.69, 9.17) is 5.73 Å². The summed E-state index contributed by atoms with van der Waals surface area (Å²) < 4.78 is 14.3. The van der Waals surface area contributed by atoms with Gasteiger partial charge in [0.1, 0.15) is 5.82 Å². The van der Waals surface area contributed by atoms with Crippen LogP contribution in [-0.2, 0) is 9.59 Å². The van der Waals surface area contributed by atoms with Crippen LogP contribution in [0.4, 0.5) is 10.1 Å². The normalized spacial score (nSPS) is 33.2. The lowest BCUT2D eigenvalue weighted by Crippen LogP contribution is -2.54. The highest BCUT2D eigenvalue weighted by atomic mass is 19.1. The largest absolute Gasteiger partial charge is 0.353 e. The summed E-state index contributed by atoms with van der Waals surface area (Å²) >= 11 is 0. The molecular weight excluding hydrogens is 345 g/mol. The standard InChI is InChI=1S/C21H28FN3O2/c1-12-5-6-18(17(22)7-12)25-11-15(10-19(25)26)21(27)24-20-13-3-2-4-14(20)9-16(23)8-13/h5-7,13-16,20H,2-4,8-11,23H2,1H3,(H,24,27). The Balaban J connectivity index is 1.44. The number of fused-ring (bicyclic) bond motifs is 2. The molecule has 0 spiro atoms. The Hall–Kier alpha value is -1.95. The van der Waals surface area contributed by atoms with Gasteiger partial charge in [0.15, 0.2) is 0 Å². The SMILES string of the molecule is Cc1ccc(N2CC(C(=O)NC3C4CCCC3CC(N)C4)CC2=O)c(F)c1. The quantitative estimate of drug-likeness (QED) is 0.855. The number of amides is 2. The van der Waals surface area contributed by atoms with Crippen molar-refractivity contribution in [2.45, 2.75) is 57.5 Å². The average molecular weight is 373 g/mol. The Morgan fingerprint density at radius 3 is 2.63 bits per heavy atom. The Labute approximate surface area is 159 Å². The lowest BCUT2D eigenvalue weighted by molar-refractivity contribution is -0.128. The molecule has 2 amide bonds. The van der Waals surface area contributed by atoms with Gasteiger partial charge in [-0.3, -0.25) is 9.59 Å². The van der Waals surface area contributed by atoms with Crippen molar-refractivity contribution >= 4 is 17.5 Å². The summed E-state index contributed by atoms with van der Waals surface area (Å²) in [4.78, 5) is 26.7. The van der Waals surface area contributed by atoms with E-state index < -0.39 is 11.7 Å². The van der Waals surface area contributed by atoms with E-state index in [0.29, 0.717) is 11.8 Å². The second-order valence-electron chi connectivity index (χ2n) is 8.58. The molecule has 1 aromatic rings. The summed E-state index contributed by atoms with van der Waals surface area (Å²) in [5.74, 6) is -0.215. The first kappa shape index (κ1) is 18.4. The van der Waals surface area contributed by atoms with Gasteiger partial charge in [0.05, 0.1) is 11.6 Å². The summed E-state index contributed by atoms with van der Waals surface area (Å²) in [7, 11) is 0. The predicted octanol–water partition coefficient (Wildman–Crippen LogP) is 2.51. The number of nitrogens with two attached hydrogens (primary N) is 1. The van der Waals surface area contributed by atoms with Gasteiger partial charge in [-0.25, -0.2) is 4.39 Å². The van der Waals surface area contributed by atoms with E-state index >= 15 is 0 Å². The third-order valence-corrected chi connectivity index (χ3v) is 6.58. The molecule has 0 radical (unpaired) electrons. The summed E-state index contributed by atoms with van der Waals surface area (Å²) in [5.41, 5.74) is 7.24. The molecule has 3 aliphatic rings. The van der Waals surface area contributed by atoms with E-state index in [1.165, 1.54) is 17.4 Å². The number of halogens is 1. The number of hydrogen-bond acceptors (Lipinski definition) is 3. The molecule has 2 bridgehead atoms. The fraction of sp³-hybridized carbons (Fsp3) is 0.619. The molecule has 3 fully saturated rings. The second-order valence-corrected chi connectivity index (χ2v) is 8.58. The maximum atomic E-state index is 14.3. The maximum absolute atomic E-state index is 14.3. The Morgan fingerprint density at radius 1 is 1.26 bits per heavy atom. The number of nitrogens with one attached hydrogen (secondary N) is 1. The molecule has 0 aromatic heterocycles. The van der Waals surface area contributed by atoms with Gasteiger partial charge in [0.25, 0.3) is 0 Å². The molecule has 2 saturated carbocycles. The number of nitrogens with zero attached hydrogens (tertiary/aromatic N) is 1. The number of anilines is 1. The molecule has 4 rings (SSSR count). The molecule has 5 nitrogen and oxygen atoms in total. The summed E-state index contributed by atoms with van der Waals surface area (Å²) in [6.45, 7) is 2.05. The fourth-order valence-corrected chi connectivity index (χ4v) is 5.25. The lowest BCUT2D eigenvalue weighted by atomic mass is 9.67. The number of carbonyl (C=O) groups is 2. The zero-order chi connectivity index (χ0) is 19.1. The van der Waals surface area contributed by atoms with Crippen molar-refractivity contribution in [1.82, 2.24) is 5.32 Å². The van der Waals surface area contributed by atoms with Crippen LogP contribution < -0.4 is 16.0 Å². The Kier molecular flexibility index (Phi) is 4.93. The van der Waals surface area contributed by atoms with Crippen molar-refractivity contribution in [1.29, 1.82) is 0 Å². The first-order chi connectivity index (χ1) is 12.9. The molecule has 2 aliphatic carbocycles. The first-order valence-corrected chi connectivity index (χ1v) is 10.0. The smallest absolute Gasteiger partial charge is 0.227 e. The minimum absolute atomic E-state index is 0.0734. The van der Waals surface area contributed by atoms with Crippen molar-refractivity contribution in [3.8, 4) is 0 Å². The lowest BCUT2D eigenvalue weighted by Gasteiger charge is -2.45. The zero-order valence-corrected chi connectivity index (χ0v) is 15.8. The van der Waals surface area contributed by atoms with Crippen LogP contribution in [0.25, 0.3) is 0 Å². The number of benzene rings is 1. The van der Waals surface area contributed by atoms with Crippen LogP contribution in [0.5, 0.6) is 0 Å². The van der Waals surface area contributed by atoms with Gasteiger partial charge in [-0.1, -0.05) is 12.5 Å². The Bertz CT molecular complexity index is 739. The molecule has 3 atom stereocenters. The first-order valence-electron chi connectivity index (χ1n) is 10.0. The molecule has 1 saturated heterocycles. The van der Waals surface area contributed by atoms with E-state index in [2.05, 4.69) is 5.32 Å². The van der Waals surface area contributed by atoms with E-state index in [1.54, 1.807) is 12.1 Å². The van der Waals surface area contributed by atoms with Crippen LogP contribution in [0.15, 0.2) is 18.2 Å². The monoisotopic (exact) mass is 373 g/mol. The highest BCUT2D eigenvalue weighted by Gasteiger charge is 2.42. The van der Waals surface area contributed by atoms with Gasteiger partial charge in [-0.15, -0.1) is 0 Å².